The van der Waals surface area contributed by atoms with Crippen molar-refractivity contribution in [3.63, 3.8) is 0 Å². The van der Waals surface area contributed by atoms with Gasteiger partial charge in [0.05, 0.1) is 11.5 Å². The van der Waals surface area contributed by atoms with Crippen molar-refractivity contribution in [2.45, 2.75) is 31.7 Å². The number of carboxylic acids is 1. The highest BCUT2D eigenvalue weighted by Crippen LogP contribution is 2.24. The molecule has 21 heavy (non-hydrogen) atoms. The zero-order valence-corrected chi connectivity index (χ0v) is 12.4. The molecule has 0 radical (unpaired) electrons. The molecule has 1 heterocycles. The lowest BCUT2D eigenvalue weighted by molar-refractivity contribution is -0.143. The van der Waals surface area contributed by atoms with E-state index in [1.54, 1.807) is 18.3 Å². The molecule has 1 aliphatic rings. The lowest BCUT2D eigenvalue weighted by Gasteiger charge is -2.27. The van der Waals surface area contributed by atoms with Gasteiger partial charge < -0.3 is 15.3 Å². The van der Waals surface area contributed by atoms with E-state index in [0.717, 1.165) is 18.7 Å². The number of carbonyl (C=O) groups is 2. The van der Waals surface area contributed by atoms with Crippen molar-refractivity contribution in [1.82, 2.24) is 10.3 Å². The van der Waals surface area contributed by atoms with Crippen molar-refractivity contribution < 1.29 is 14.7 Å². The van der Waals surface area contributed by atoms with Crippen LogP contribution in [0.1, 0.15) is 36.0 Å². The van der Waals surface area contributed by atoms with Crippen molar-refractivity contribution in [3.05, 3.63) is 23.9 Å². The lowest BCUT2D eigenvalue weighted by Crippen LogP contribution is -2.40. The predicted octanol–water partition coefficient (Wildman–Crippen LogP) is 1.52. The molecule has 2 unspecified atom stereocenters. The van der Waals surface area contributed by atoms with E-state index in [1.807, 2.05) is 19.0 Å². The predicted molar refractivity (Wildman–Crippen MR) is 79.4 cm³/mol. The molecule has 2 atom stereocenters. The minimum absolute atomic E-state index is 0.0686. The van der Waals surface area contributed by atoms with Gasteiger partial charge in [0.2, 0.25) is 0 Å². The highest BCUT2D eigenvalue weighted by Gasteiger charge is 2.28. The highest BCUT2D eigenvalue weighted by molar-refractivity contribution is 5.94. The number of amides is 1. The van der Waals surface area contributed by atoms with Gasteiger partial charge >= 0.3 is 5.97 Å². The van der Waals surface area contributed by atoms with Crippen molar-refractivity contribution in [1.29, 1.82) is 0 Å². The van der Waals surface area contributed by atoms with Crippen LogP contribution in [0.2, 0.25) is 0 Å². The van der Waals surface area contributed by atoms with Crippen LogP contribution in [0.3, 0.4) is 0 Å². The van der Waals surface area contributed by atoms with E-state index >= 15 is 0 Å². The number of nitrogens with one attached hydrogen (secondary N) is 1. The number of anilines is 1. The monoisotopic (exact) mass is 291 g/mol. The Balaban J connectivity index is 1.96. The summed E-state index contributed by atoms with van der Waals surface area (Å²) in [7, 11) is 3.77. The minimum atomic E-state index is -0.772. The largest absolute Gasteiger partial charge is 0.481 e. The van der Waals surface area contributed by atoms with Crippen molar-refractivity contribution >= 4 is 17.7 Å². The quantitative estimate of drug-likeness (QED) is 0.879. The Labute approximate surface area is 124 Å². The lowest BCUT2D eigenvalue weighted by atomic mass is 9.85. The molecule has 0 bridgehead atoms. The summed E-state index contributed by atoms with van der Waals surface area (Å²) in [5, 5.41) is 12.0. The summed E-state index contributed by atoms with van der Waals surface area (Å²) in [4.78, 5) is 29.3. The van der Waals surface area contributed by atoms with Gasteiger partial charge in [0.1, 0.15) is 5.82 Å². The number of hydrogen-bond donors (Lipinski definition) is 2. The third-order valence-corrected chi connectivity index (χ3v) is 3.83. The van der Waals surface area contributed by atoms with Crippen LogP contribution in [0.5, 0.6) is 0 Å². The molecule has 0 spiro atoms. The van der Waals surface area contributed by atoms with Gasteiger partial charge in [-0.25, -0.2) is 4.98 Å². The van der Waals surface area contributed by atoms with Crippen LogP contribution in [0, 0.1) is 5.92 Å². The summed E-state index contributed by atoms with van der Waals surface area (Å²) in [5.41, 5.74) is 0.498. The Kier molecular flexibility index (Phi) is 4.77. The Hall–Kier alpha value is -2.11. The molecule has 2 rings (SSSR count). The molecule has 0 aliphatic heterocycles. The first kappa shape index (κ1) is 15.3. The maximum atomic E-state index is 12.2. The van der Waals surface area contributed by atoms with Crippen molar-refractivity contribution in [2.24, 2.45) is 5.92 Å². The third kappa shape index (κ3) is 3.93. The fraction of sp³-hybridized carbons (Fsp3) is 0.533. The van der Waals surface area contributed by atoms with Crippen LogP contribution in [0.4, 0.5) is 5.82 Å². The average Bonchev–Trinajstić information content (AvgIpc) is 2.47. The van der Waals surface area contributed by atoms with Crippen LogP contribution in [0.25, 0.3) is 0 Å². The summed E-state index contributed by atoms with van der Waals surface area (Å²) in [6, 6.07) is 3.45. The van der Waals surface area contributed by atoms with E-state index < -0.39 is 5.97 Å². The molecule has 1 aromatic rings. The second-order valence-corrected chi connectivity index (χ2v) is 5.67. The topological polar surface area (TPSA) is 82.5 Å². The number of carbonyl (C=O) groups excluding carboxylic acids is 1. The number of aliphatic carboxylic acids is 1. The van der Waals surface area contributed by atoms with Gasteiger partial charge in [-0.2, -0.15) is 0 Å². The standard InChI is InChI=1S/C15H21N3O3/c1-18(2)13-7-6-11(9-16-13)14(19)17-12-5-3-4-10(8-12)15(20)21/h6-7,9-10,12H,3-5,8H2,1-2H3,(H,17,19)(H,20,21). The van der Waals surface area contributed by atoms with Crippen molar-refractivity contribution in [3.8, 4) is 0 Å². The van der Waals surface area contributed by atoms with E-state index in [4.69, 9.17) is 5.11 Å². The minimum Gasteiger partial charge on any atom is -0.481 e. The molecule has 2 N–H and O–H groups in total. The first-order valence-electron chi connectivity index (χ1n) is 7.14. The molecular formula is C15H21N3O3. The SMILES string of the molecule is CN(C)c1ccc(C(=O)NC2CCCC(C(=O)O)C2)cn1. The number of carboxylic acid groups (broad SMARTS) is 1. The smallest absolute Gasteiger partial charge is 0.306 e. The van der Waals surface area contributed by atoms with E-state index in [2.05, 4.69) is 10.3 Å². The van der Waals surface area contributed by atoms with Gasteiger partial charge in [-0.05, 0) is 31.4 Å². The molecule has 0 saturated heterocycles. The Morgan fingerprint density at radius 3 is 2.67 bits per heavy atom. The average molecular weight is 291 g/mol. The molecule has 1 aromatic heterocycles. The molecule has 1 aliphatic carbocycles. The zero-order chi connectivity index (χ0) is 15.4. The van der Waals surface area contributed by atoms with Crippen LogP contribution in [-0.4, -0.2) is 42.1 Å². The number of rotatable bonds is 4. The van der Waals surface area contributed by atoms with Gasteiger partial charge in [-0.3, -0.25) is 9.59 Å². The van der Waals surface area contributed by atoms with Gasteiger partial charge in [-0.1, -0.05) is 6.42 Å². The highest BCUT2D eigenvalue weighted by atomic mass is 16.4. The number of pyridine rings is 1. The Morgan fingerprint density at radius 2 is 2.10 bits per heavy atom. The van der Waals surface area contributed by atoms with E-state index in [9.17, 15) is 9.59 Å². The normalized spacial score (nSPS) is 21.6. The molecule has 6 nitrogen and oxygen atoms in total. The van der Waals surface area contributed by atoms with E-state index in [-0.39, 0.29) is 17.9 Å². The summed E-state index contributed by atoms with van der Waals surface area (Å²) in [5.74, 6) is -0.525. The van der Waals surface area contributed by atoms with Gasteiger partial charge in [0, 0.05) is 26.3 Å². The molecule has 1 saturated carbocycles. The second-order valence-electron chi connectivity index (χ2n) is 5.67. The molecular weight excluding hydrogens is 270 g/mol. The van der Waals surface area contributed by atoms with Gasteiger partial charge in [0.25, 0.3) is 5.91 Å². The third-order valence-electron chi connectivity index (χ3n) is 3.83. The van der Waals surface area contributed by atoms with Crippen molar-refractivity contribution in [2.75, 3.05) is 19.0 Å². The second kappa shape index (κ2) is 6.56. The summed E-state index contributed by atoms with van der Waals surface area (Å²) < 4.78 is 0. The Bertz CT molecular complexity index is 513. The van der Waals surface area contributed by atoms with E-state index in [1.165, 1.54) is 0 Å². The number of nitrogens with zero attached hydrogens (tertiary/aromatic N) is 2. The summed E-state index contributed by atoms with van der Waals surface area (Å²) in [6.45, 7) is 0. The first-order valence-corrected chi connectivity index (χ1v) is 7.14. The van der Waals surface area contributed by atoms with E-state index in [0.29, 0.717) is 18.4 Å². The molecule has 114 valence electrons. The number of hydrogen-bond acceptors (Lipinski definition) is 4. The summed E-state index contributed by atoms with van der Waals surface area (Å²) in [6.07, 6.45) is 4.41. The van der Waals surface area contributed by atoms with Gasteiger partial charge in [-0.15, -0.1) is 0 Å². The first-order chi connectivity index (χ1) is 9.97. The van der Waals surface area contributed by atoms with Crippen LogP contribution in [0.15, 0.2) is 18.3 Å². The van der Waals surface area contributed by atoms with Crippen LogP contribution >= 0.6 is 0 Å². The van der Waals surface area contributed by atoms with Crippen LogP contribution in [-0.2, 0) is 4.79 Å². The van der Waals surface area contributed by atoms with Gasteiger partial charge in [0.15, 0.2) is 0 Å². The summed E-state index contributed by atoms with van der Waals surface area (Å²) >= 11 is 0. The fourth-order valence-electron chi connectivity index (χ4n) is 2.60. The molecule has 0 aromatic carbocycles. The number of aromatic nitrogens is 1. The molecule has 6 heteroatoms. The molecule has 1 amide bonds. The van der Waals surface area contributed by atoms with Crippen LogP contribution < -0.4 is 10.2 Å². The molecule has 1 fully saturated rings. The fourth-order valence-corrected chi connectivity index (χ4v) is 2.60. The Morgan fingerprint density at radius 1 is 1.33 bits per heavy atom. The maximum absolute atomic E-state index is 12.2. The zero-order valence-electron chi connectivity index (χ0n) is 12.4. The maximum Gasteiger partial charge on any atom is 0.306 e.